The Hall–Kier alpha value is -1.34. The number of carboxylic acid groups (broad SMARTS) is 1. The summed E-state index contributed by atoms with van der Waals surface area (Å²) in [5.74, 6) is -0.442. The molecule has 2 N–H and O–H groups in total. The Labute approximate surface area is 125 Å². The van der Waals surface area contributed by atoms with Crippen molar-refractivity contribution < 1.29 is 19.8 Å². The highest BCUT2D eigenvalue weighted by molar-refractivity contribution is 5.74. The van der Waals surface area contributed by atoms with Crippen molar-refractivity contribution in [2.75, 3.05) is 52.4 Å². The fraction of sp³-hybridized carbons (Fsp3) is 0.857. The molecule has 0 saturated carbocycles. The second-order valence-corrected chi connectivity index (χ2v) is 5.87. The van der Waals surface area contributed by atoms with E-state index in [4.69, 9.17) is 10.2 Å². The lowest BCUT2D eigenvalue weighted by Crippen LogP contribution is -2.54. The first-order valence-corrected chi connectivity index (χ1v) is 7.69. The number of likely N-dealkylation sites (tertiary alicyclic amines) is 1. The Kier molecular flexibility index (Phi) is 5.81. The molecule has 0 spiro atoms. The van der Waals surface area contributed by atoms with Crippen molar-refractivity contribution >= 4 is 12.0 Å². The number of aliphatic hydroxyl groups excluding tert-OH is 1. The van der Waals surface area contributed by atoms with E-state index in [2.05, 4.69) is 4.90 Å². The normalized spacial score (nSPS) is 21.6. The number of urea groups is 1. The van der Waals surface area contributed by atoms with Crippen LogP contribution in [0.4, 0.5) is 4.79 Å². The molecule has 2 amide bonds. The van der Waals surface area contributed by atoms with E-state index < -0.39 is 5.97 Å². The Morgan fingerprint density at radius 3 is 2.05 bits per heavy atom. The Balaban J connectivity index is 1.72. The van der Waals surface area contributed by atoms with Crippen molar-refractivity contribution in [3.05, 3.63) is 0 Å². The van der Waals surface area contributed by atoms with Crippen LogP contribution < -0.4 is 0 Å². The highest BCUT2D eigenvalue weighted by Crippen LogP contribution is 2.18. The van der Waals surface area contributed by atoms with E-state index >= 15 is 0 Å². The van der Waals surface area contributed by atoms with Crippen molar-refractivity contribution in [3.8, 4) is 0 Å². The number of rotatable bonds is 4. The molecule has 0 atom stereocenters. The predicted molar refractivity (Wildman–Crippen MR) is 77.0 cm³/mol. The molecule has 120 valence electrons. The number of carbonyl (C=O) groups excluding carboxylic acids is 1. The van der Waals surface area contributed by atoms with Crippen LogP contribution >= 0.6 is 0 Å². The van der Waals surface area contributed by atoms with Crippen LogP contribution in [0, 0.1) is 5.92 Å². The molecule has 2 rings (SSSR count). The fourth-order valence-corrected chi connectivity index (χ4v) is 2.92. The van der Waals surface area contributed by atoms with Crippen LogP contribution in [-0.2, 0) is 4.79 Å². The number of carboxylic acids is 1. The van der Waals surface area contributed by atoms with Crippen molar-refractivity contribution in [1.82, 2.24) is 14.7 Å². The molecular weight excluding hydrogens is 274 g/mol. The highest BCUT2D eigenvalue weighted by atomic mass is 16.4. The van der Waals surface area contributed by atoms with E-state index in [1.807, 2.05) is 9.80 Å². The largest absolute Gasteiger partial charge is 0.481 e. The van der Waals surface area contributed by atoms with Crippen LogP contribution in [-0.4, -0.2) is 89.3 Å². The molecule has 0 aromatic heterocycles. The summed E-state index contributed by atoms with van der Waals surface area (Å²) in [7, 11) is 0. The monoisotopic (exact) mass is 299 g/mol. The molecule has 2 heterocycles. The minimum Gasteiger partial charge on any atom is -0.481 e. The summed E-state index contributed by atoms with van der Waals surface area (Å²) in [6.07, 6.45) is 1.91. The molecule has 7 heteroatoms. The SMILES string of the molecule is O=C(O)CCN1CCN(C(=O)N2CCC(CO)CC2)CC1. The van der Waals surface area contributed by atoms with Gasteiger partial charge in [0, 0.05) is 52.4 Å². The summed E-state index contributed by atoms with van der Waals surface area (Å²) in [6.45, 7) is 5.03. The molecule has 2 aliphatic rings. The van der Waals surface area contributed by atoms with Gasteiger partial charge in [-0.05, 0) is 18.8 Å². The van der Waals surface area contributed by atoms with Gasteiger partial charge in [-0.25, -0.2) is 4.79 Å². The minimum absolute atomic E-state index is 0.0873. The van der Waals surface area contributed by atoms with Crippen molar-refractivity contribution in [3.63, 3.8) is 0 Å². The molecule has 2 aliphatic heterocycles. The molecule has 0 radical (unpaired) electrons. The van der Waals surface area contributed by atoms with Crippen molar-refractivity contribution in [2.45, 2.75) is 19.3 Å². The highest BCUT2D eigenvalue weighted by Gasteiger charge is 2.28. The number of carbonyl (C=O) groups is 2. The van der Waals surface area contributed by atoms with Crippen LogP contribution in [0.15, 0.2) is 0 Å². The minimum atomic E-state index is -0.778. The molecule has 0 aromatic rings. The van der Waals surface area contributed by atoms with E-state index in [0.29, 0.717) is 25.6 Å². The number of piperazine rings is 1. The summed E-state index contributed by atoms with van der Waals surface area (Å²) in [5, 5.41) is 17.8. The molecule has 2 fully saturated rings. The lowest BCUT2D eigenvalue weighted by molar-refractivity contribution is -0.137. The zero-order valence-corrected chi connectivity index (χ0v) is 12.4. The number of hydrogen-bond donors (Lipinski definition) is 2. The summed E-state index contributed by atoms with van der Waals surface area (Å²) < 4.78 is 0. The molecule has 0 aromatic carbocycles. The third kappa shape index (κ3) is 4.57. The number of aliphatic hydroxyl groups is 1. The van der Waals surface area contributed by atoms with Gasteiger partial charge in [0.1, 0.15) is 0 Å². The van der Waals surface area contributed by atoms with Crippen LogP contribution in [0.25, 0.3) is 0 Å². The first-order chi connectivity index (χ1) is 10.1. The molecule has 0 aliphatic carbocycles. The lowest BCUT2D eigenvalue weighted by atomic mass is 9.98. The maximum atomic E-state index is 12.4. The zero-order chi connectivity index (χ0) is 15.2. The van der Waals surface area contributed by atoms with Crippen molar-refractivity contribution in [1.29, 1.82) is 0 Å². The smallest absolute Gasteiger partial charge is 0.320 e. The number of hydrogen-bond acceptors (Lipinski definition) is 4. The summed E-state index contributed by atoms with van der Waals surface area (Å²) in [4.78, 5) is 28.8. The van der Waals surface area contributed by atoms with Crippen LogP contribution in [0.2, 0.25) is 0 Å². The maximum Gasteiger partial charge on any atom is 0.320 e. The van der Waals surface area contributed by atoms with Gasteiger partial charge in [-0.2, -0.15) is 0 Å². The summed E-state index contributed by atoms with van der Waals surface area (Å²) >= 11 is 0. The fourth-order valence-electron chi connectivity index (χ4n) is 2.92. The van der Waals surface area contributed by atoms with Gasteiger partial charge in [0.15, 0.2) is 0 Å². The average molecular weight is 299 g/mol. The quantitative estimate of drug-likeness (QED) is 0.757. The van der Waals surface area contributed by atoms with Gasteiger partial charge in [0.2, 0.25) is 0 Å². The van der Waals surface area contributed by atoms with Gasteiger partial charge in [-0.3, -0.25) is 9.69 Å². The molecule has 2 saturated heterocycles. The maximum absolute atomic E-state index is 12.4. The molecule has 0 unspecified atom stereocenters. The average Bonchev–Trinajstić information content (AvgIpc) is 2.53. The number of nitrogens with zero attached hydrogens (tertiary/aromatic N) is 3. The predicted octanol–water partition coefficient (Wildman–Crippen LogP) is -0.0970. The molecule has 7 nitrogen and oxygen atoms in total. The molecule has 21 heavy (non-hydrogen) atoms. The van der Waals surface area contributed by atoms with E-state index in [9.17, 15) is 9.59 Å². The first-order valence-electron chi connectivity index (χ1n) is 7.69. The number of amides is 2. The second kappa shape index (κ2) is 7.61. The Morgan fingerprint density at radius 1 is 0.952 bits per heavy atom. The topological polar surface area (TPSA) is 84.3 Å². The van der Waals surface area contributed by atoms with Crippen molar-refractivity contribution in [2.24, 2.45) is 5.92 Å². The van der Waals surface area contributed by atoms with Gasteiger partial charge in [0.05, 0.1) is 6.42 Å². The number of piperidine rings is 1. The van der Waals surface area contributed by atoms with Crippen LogP contribution in [0.1, 0.15) is 19.3 Å². The van der Waals surface area contributed by atoms with Gasteiger partial charge >= 0.3 is 12.0 Å². The second-order valence-electron chi connectivity index (χ2n) is 5.87. The Morgan fingerprint density at radius 2 is 1.52 bits per heavy atom. The van der Waals surface area contributed by atoms with E-state index in [0.717, 1.165) is 39.0 Å². The zero-order valence-electron chi connectivity index (χ0n) is 12.4. The van der Waals surface area contributed by atoms with Crippen LogP contribution in [0.3, 0.4) is 0 Å². The molecular formula is C14H25N3O4. The lowest BCUT2D eigenvalue weighted by Gasteiger charge is -2.39. The van der Waals surface area contributed by atoms with Gasteiger partial charge in [0.25, 0.3) is 0 Å². The van der Waals surface area contributed by atoms with Gasteiger partial charge in [-0.1, -0.05) is 0 Å². The van der Waals surface area contributed by atoms with E-state index in [1.165, 1.54) is 0 Å². The Bertz CT molecular complexity index is 361. The third-order valence-corrected chi connectivity index (χ3v) is 4.43. The third-order valence-electron chi connectivity index (χ3n) is 4.43. The molecule has 0 bridgehead atoms. The standard InChI is InChI=1S/C14H25N3O4/c18-11-12-1-5-16(6-2-12)14(21)17-9-7-15(8-10-17)4-3-13(19)20/h12,18H,1-11H2,(H,19,20). The van der Waals surface area contributed by atoms with E-state index in [-0.39, 0.29) is 19.1 Å². The van der Waals surface area contributed by atoms with E-state index in [1.54, 1.807) is 0 Å². The van der Waals surface area contributed by atoms with Gasteiger partial charge < -0.3 is 20.0 Å². The summed E-state index contributed by atoms with van der Waals surface area (Å²) in [6, 6.07) is 0.0873. The summed E-state index contributed by atoms with van der Waals surface area (Å²) in [5.41, 5.74) is 0. The van der Waals surface area contributed by atoms with Crippen LogP contribution in [0.5, 0.6) is 0 Å². The number of aliphatic carboxylic acids is 1. The van der Waals surface area contributed by atoms with Gasteiger partial charge in [-0.15, -0.1) is 0 Å². The first kappa shape index (κ1) is 16.0.